The van der Waals surface area contributed by atoms with Gasteiger partial charge in [-0.1, -0.05) is 18.2 Å². The third-order valence-corrected chi connectivity index (χ3v) is 4.22. The van der Waals surface area contributed by atoms with Gasteiger partial charge in [0.25, 0.3) is 0 Å². The van der Waals surface area contributed by atoms with Crippen LogP contribution in [0.1, 0.15) is 24.0 Å². The van der Waals surface area contributed by atoms with Crippen LogP contribution in [0.3, 0.4) is 0 Å². The molecule has 1 N–H and O–H groups in total. The summed E-state index contributed by atoms with van der Waals surface area (Å²) in [5.74, 6) is 0. The number of nitrogens with one attached hydrogen (secondary N) is 1. The number of hydrogen-bond acceptors (Lipinski definition) is 4. The molecule has 0 aliphatic heterocycles. The van der Waals surface area contributed by atoms with Crippen molar-refractivity contribution in [3.05, 3.63) is 47.8 Å². The molecule has 0 atom stereocenters. The smallest absolute Gasteiger partial charge is 0.192 e. The molecule has 4 heteroatoms. The largest absolute Gasteiger partial charge is 0.310 e. The topological polar surface area (TPSA) is 37.8 Å². The Balaban J connectivity index is 1.63. The van der Waals surface area contributed by atoms with E-state index in [1.165, 1.54) is 23.3 Å². The molecule has 0 saturated heterocycles. The van der Waals surface area contributed by atoms with Crippen molar-refractivity contribution in [2.45, 2.75) is 42.4 Å². The first-order chi connectivity index (χ1) is 9.31. The summed E-state index contributed by atoms with van der Waals surface area (Å²) in [6.07, 6.45) is 6.45. The Bertz CT molecular complexity index is 550. The lowest BCUT2D eigenvalue weighted by Crippen LogP contribution is -2.15. The SMILES string of the molecule is Cc1ccccc1Sc1ncc(CNC2CC2)cn1. The summed E-state index contributed by atoms with van der Waals surface area (Å²) in [6.45, 7) is 2.98. The zero-order chi connectivity index (χ0) is 13.1. The molecule has 0 spiro atoms. The van der Waals surface area contributed by atoms with E-state index in [1.54, 1.807) is 11.8 Å². The van der Waals surface area contributed by atoms with Crippen molar-refractivity contribution in [1.82, 2.24) is 15.3 Å². The summed E-state index contributed by atoms with van der Waals surface area (Å²) in [6, 6.07) is 9.03. The van der Waals surface area contributed by atoms with E-state index in [0.717, 1.165) is 23.3 Å². The van der Waals surface area contributed by atoms with Crippen LogP contribution in [0.2, 0.25) is 0 Å². The van der Waals surface area contributed by atoms with Gasteiger partial charge in [-0.15, -0.1) is 0 Å². The van der Waals surface area contributed by atoms with Gasteiger partial charge in [0.2, 0.25) is 0 Å². The molecule has 0 unspecified atom stereocenters. The fourth-order valence-electron chi connectivity index (χ4n) is 1.81. The van der Waals surface area contributed by atoms with Gasteiger partial charge in [0.05, 0.1) is 0 Å². The van der Waals surface area contributed by atoms with Crippen molar-refractivity contribution in [2.24, 2.45) is 0 Å². The average Bonchev–Trinajstić information content (AvgIpc) is 3.25. The van der Waals surface area contributed by atoms with E-state index in [2.05, 4.69) is 34.3 Å². The van der Waals surface area contributed by atoms with E-state index in [9.17, 15) is 0 Å². The van der Waals surface area contributed by atoms with Crippen molar-refractivity contribution in [2.75, 3.05) is 0 Å². The van der Waals surface area contributed by atoms with Gasteiger partial charge in [0.15, 0.2) is 5.16 Å². The second-order valence-corrected chi connectivity index (χ2v) is 5.91. The molecular weight excluding hydrogens is 254 g/mol. The zero-order valence-corrected chi connectivity index (χ0v) is 11.8. The van der Waals surface area contributed by atoms with Gasteiger partial charge in [0.1, 0.15) is 0 Å². The van der Waals surface area contributed by atoms with Crippen LogP contribution in [0.4, 0.5) is 0 Å². The molecule has 1 aliphatic rings. The van der Waals surface area contributed by atoms with Crippen molar-refractivity contribution >= 4 is 11.8 Å². The van der Waals surface area contributed by atoms with Crippen LogP contribution in [0.25, 0.3) is 0 Å². The molecule has 1 aliphatic carbocycles. The summed E-state index contributed by atoms with van der Waals surface area (Å²) in [4.78, 5) is 10.1. The molecule has 1 saturated carbocycles. The summed E-state index contributed by atoms with van der Waals surface area (Å²) in [7, 11) is 0. The van der Waals surface area contributed by atoms with E-state index in [0.29, 0.717) is 0 Å². The molecule has 98 valence electrons. The Morgan fingerprint density at radius 2 is 1.95 bits per heavy atom. The Labute approximate surface area is 117 Å². The molecule has 0 radical (unpaired) electrons. The second-order valence-electron chi connectivity index (χ2n) is 4.90. The number of rotatable bonds is 5. The van der Waals surface area contributed by atoms with Crippen molar-refractivity contribution in [3.8, 4) is 0 Å². The molecule has 1 heterocycles. The van der Waals surface area contributed by atoms with E-state index >= 15 is 0 Å². The molecule has 1 aromatic heterocycles. The van der Waals surface area contributed by atoms with Crippen LogP contribution < -0.4 is 5.32 Å². The van der Waals surface area contributed by atoms with Gasteiger partial charge in [-0.25, -0.2) is 9.97 Å². The van der Waals surface area contributed by atoms with E-state index in [-0.39, 0.29) is 0 Å². The maximum absolute atomic E-state index is 4.43. The van der Waals surface area contributed by atoms with Crippen LogP contribution in [-0.2, 0) is 6.54 Å². The highest BCUT2D eigenvalue weighted by atomic mass is 32.2. The number of benzene rings is 1. The van der Waals surface area contributed by atoms with E-state index < -0.39 is 0 Å². The third-order valence-electron chi connectivity index (χ3n) is 3.15. The number of nitrogens with zero attached hydrogens (tertiary/aromatic N) is 2. The quantitative estimate of drug-likeness (QED) is 0.848. The predicted octanol–water partition coefficient (Wildman–Crippen LogP) is 3.19. The molecule has 1 fully saturated rings. The molecule has 2 aromatic rings. The van der Waals surface area contributed by atoms with Crippen LogP contribution in [-0.4, -0.2) is 16.0 Å². The monoisotopic (exact) mass is 271 g/mol. The summed E-state index contributed by atoms with van der Waals surface area (Å²) < 4.78 is 0. The van der Waals surface area contributed by atoms with Gasteiger partial charge < -0.3 is 5.32 Å². The lowest BCUT2D eigenvalue weighted by molar-refractivity contribution is 0.680. The number of hydrogen-bond donors (Lipinski definition) is 1. The molecule has 19 heavy (non-hydrogen) atoms. The first kappa shape index (κ1) is 12.6. The first-order valence-electron chi connectivity index (χ1n) is 6.59. The van der Waals surface area contributed by atoms with Crippen LogP contribution in [0.15, 0.2) is 46.7 Å². The van der Waals surface area contributed by atoms with Gasteiger partial charge in [0, 0.05) is 35.4 Å². The van der Waals surface area contributed by atoms with Crippen LogP contribution >= 0.6 is 11.8 Å². The van der Waals surface area contributed by atoms with E-state index in [4.69, 9.17) is 0 Å². The predicted molar refractivity (Wildman–Crippen MR) is 77.2 cm³/mol. The minimum Gasteiger partial charge on any atom is -0.310 e. The normalized spacial score (nSPS) is 14.6. The van der Waals surface area contributed by atoms with E-state index in [1.807, 2.05) is 24.5 Å². The van der Waals surface area contributed by atoms with Crippen LogP contribution in [0, 0.1) is 6.92 Å². The summed E-state index contributed by atoms with van der Waals surface area (Å²) >= 11 is 1.62. The standard InChI is InChI=1S/C15H17N3S/c1-11-4-2-3-5-14(11)19-15-17-9-12(10-18-15)8-16-13-6-7-13/h2-5,9-10,13,16H,6-8H2,1H3. The lowest BCUT2D eigenvalue weighted by atomic mass is 10.2. The minimum absolute atomic E-state index is 0.723. The first-order valence-corrected chi connectivity index (χ1v) is 7.41. The Hall–Kier alpha value is -1.39. The number of aromatic nitrogens is 2. The Kier molecular flexibility index (Phi) is 3.80. The highest BCUT2D eigenvalue weighted by molar-refractivity contribution is 7.99. The van der Waals surface area contributed by atoms with Gasteiger partial charge in [-0.3, -0.25) is 0 Å². The average molecular weight is 271 g/mol. The zero-order valence-electron chi connectivity index (χ0n) is 11.0. The van der Waals surface area contributed by atoms with Gasteiger partial charge in [-0.2, -0.15) is 0 Å². The third kappa shape index (κ3) is 3.55. The van der Waals surface area contributed by atoms with Crippen molar-refractivity contribution in [1.29, 1.82) is 0 Å². The molecule has 0 amide bonds. The second kappa shape index (κ2) is 5.72. The molecular formula is C15H17N3S. The summed E-state index contributed by atoms with van der Waals surface area (Å²) in [5.41, 5.74) is 2.41. The summed E-state index contributed by atoms with van der Waals surface area (Å²) in [5, 5.41) is 4.27. The van der Waals surface area contributed by atoms with Gasteiger partial charge >= 0.3 is 0 Å². The van der Waals surface area contributed by atoms with Gasteiger partial charge in [-0.05, 0) is 43.2 Å². The van der Waals surface area contributed by atoms with Crippen molar-refractivity contribution < 1.29 is 0 Å². The Morgan fingerprint density at radius 1 is 1.21 bits per heavy atom. The molecule has 0 bridgehead atoms. The highest BCUT2D eigenvalue weighted by Crippen LogP contribution is 2.27. The minimum atomic E-state index is 0.723. The number of aryl methyl sites for hydroxylation is 1. The highest BCUT2D eigenvalue weighted by Gasteiger charge is 2.19. The fourth-order valence-corrected chi connectivity index (χ4v) is 2.59. The maximum atomic E-state index is 4.43. The molecule has 3 rings (SSSR count). The maximum Gasteiger partial charge on any atom is 0.192 e. The lowest BCUT2D eigenvalue weighted by Gasteiger charge is -2.05. The molecule has 1 aromatic carbocycles. The van der Waals surface area contributed by atoms with Crippen LogP contribution in [0.5, 0.6) is 0 Å². The molecule has 3 nitrogen and oxygen atoms in total. The Morgan fingerprint density at radius 3 is 2.63 bits per heavy atom. The van der Waals surface area contributed by atoms with Crippen molar-refractivity contribution in [3.63, 3.8) is 0 Å². The fraction of sp³-hybridized carbons (Fsp3) is 0.333.